The van der Waals surface area contributed by atoms with Crippen LogP contribution in [0, 0.1) is 6.92 Å². The average Bonchev–Trinajstić information content (AvgIpc) is 2.65. The van der Waals surface area contributed by atoms with Gasteiger partial charge in [-0.25, -0.2) is 0 Å². The number of piperidine rings is 1. The highest BCUT2D eigenvalue weighted by Gasteiger charge is 2.10. The van der Waals surface area contributed by atoms with Crippen molar-refractivity contribution in [3.8, 4) is 5.75 Å². The second-order valence-electron chi connectivity index (χ2n) is 6.83. The first-order chi connectivity index (χ1) is 12.7. The number of hydrogen-bond acceptors (Lipinski definition) is 4. The van der Waals surface area contributed by atoms with E-state index in [1.54, 1.807) is 0 Å². The van der Waals surface area contributed by atoms with Crippen LogP contribution in [0.4, 0.5) is 0 Å². The number of halogens is 1. The fraction of sp³-hybridized carbons (Fsp3) is 0.650. The summed E-state index contributed by atoms with van der Waals surface area (Å²) in [5.74, 6) is 1.53. The van der Waals surface area contributed by atoms with Crippen LogP contribution in [0.15, 0.2) is 29.3 Å². The highest BCUT2D eigenvalue weighted by atomic mass is 127. The van der Waals surface area contributed by atoms with Gasteiger partial charge in [-0.15, -0.1) is 24.0 Å². The van der Waals surface area contributed by atoms with Crippen LogP contribution in [-0.2, 0) is 0 Å². The number of aliphatic imine (C=N–C) groups is 1. The number of nitrogens with zero attached hydrogens (tertiary/aromatic N) is 2. The molecule has 154 valence electrons. The van der Waals surface area contributed by atoms with Gasteiger partial charge < -0.3 is 25.4 Å². The van der Waals surface area contributed by atoms with Crippen molar-refractivity contribution in [2.45, 2.75) is 39.2 Å². The molecule has 6 nitrogen and oxygen atoms in total. The van der Waals surface area contributed by atoms with Crippen LogP contribution >= 0.6 is 24.0 Å². The third kappa shape index (κ3) is 10.2. The molecule has 0 spiro atoms. The van der Waals surface area contributed by atoms with Crippen LogP contribution in [0.25, 0.3) is 0 Å². The highest BCUT2D eigenvalue weighted by Crippen LogP contribution is 2.12. The number of aliphatic hydroxyl groups is 1. The molecule has 1 aliphatic heterocycles. The molecule has 1 unspecified atom stereocenters. The monoisotopic (exact) mass is 490 g/mol. The number of hydrogen-bond donors (Lipinski definition) is 3. The number of aryl methyl sites for hydroxylation is 1. The maximum atomic E-state index is 10.1. The Bertz CT molecular complexity index is 551. The predicted molar refractivity (Wildman–Crippen MR) is 122 cm³/mol. The standard InChI is InChI=1S/C20H34N4O2.HI/c1-3-21-20(22-10-13-24-11-5-4-6-12-24)23-15-18(25)16-26-19-9-7-8-17(2)14-19;/h7-9,14,18,25H,3-6,10-13,15-16H2,1-2H3,(H2,21,22,23);1H. The van der Waals surface area contributed by atoms with Gasteiger partial charge in [0.05, 0.1) is 6.54 Å². The number of nitrogens with one attached hydrogen (secondary N) is 2. The van der Waals surface area contributed by atoms with Crippen molar-refractivity contribution < 1.29 is 9.84 Å². The van der Waals surface area contributed by atoms with Gasteiger partial charge in [-0.1, -0.05) is 18.6 Å². The number of rotatable bonds is 9. The van der Waals surface area contributed by atoms with E-state index in [0.29, 0.717) is 6.54 Å². The topological polar surface area (TPSA) is 69.1 Å². The quantitative estimate of drug-likeness (QED) is 0.282. The zero-order valence-electron chi connectivity index (χ0n) is 16.6. The van der Waals surface area contributed by atoms with Crippen LogP contribution in [0.5, 0.6) is 5.75 Å². The summed E-state index contributed by atoms with van der Waals surface area (Å²) < 4.78 is 5.63. The Morgan fingerprint density at radius 1 is 1.26 bits per heavy atom. The summed E-state index contributed by atoms with van der Waals surface area (Å²) in [6, 6.07) is 7.83. The van der Waals surface area contributed by atoms with E-state index in [0.717, 1.165) is 36.9 Å². The van der Waals surface area contributed by atoms with Crippen LogP contribution in [0.2, 0.25) is 0 Å². The zero-order valence-corrected chi connectivity index (χ0v) is 18.9. The molecule has 1 aromatic rings. The van der Waals surface area contributed by atoms with E-state index < -0.39 is 6.10 Å². The second kappa shape index (κ2) is 14.0. The van der Waals surface area contributed by atoms with Gasteiger partial charge in [0.15, 0.2) is 5.96 Å². The maximum Gasteiger partial charge on any atom is 0.191 e. The van der Waals surface area contributed by atoms with E-state index in [9.17, 15) is 5.11 Å². The van der Waals surface area contributed by atoms with Crippen molar-refractivity contribution in [1.29, 1.82) is 0 Å². The van der Waals surface area contributed by atoms with Gasteiger partial charge in [0.1, 0.15) is 18.5 Å². The molecule has 0 bridgehead atoms. The summed E-state index contributed by atoms with van der Waals surface area (Å²) in [7, 11) is 0. The molecule has 2 rings (SSSR count). The number of ether oxygens (including phenoxy) is 1. The molecule has 1 heterocycles. The molecule has 1 saturated heterocycles. The Kier molecular flexibility index (Phi) is 12.4. The molecule has 0 amide bonds. The molecule has 1 aliphatic rings. The third-order valence-electron chi connectivity index (χ3n) is 4.41. The lowest BCUT2D eigenvalue weighted by Crippen LogP contribution is -2.43. The third-order valence-corrected chi connectivity index (χ3v) is 4.41. The van der Waals surface area contributed by atoms with Crippen molar-refractivity contribution in [3.05, 3.63) is 29.8 Å². The van der Waals surface area contributed by atoms with E-state index in [4.69, 9.17) is 4.74 Å². The summed E-state index contributed by atoms with van der Waals surface area (Å²) >= 11 is 0. The molecule has 27 heavy (non-hydrogen) atoms. The van der Waals surface area contributed by atoms with E-state index >= 15 is 0 Å². The second-order valence-corrected chi connectivity index (χ2v) is 6.83. The first-order valence-electron chi connectivity index (χ1n) is 9.79. The van der Waals surface area contributed by atoms with Gasteiger partial charge in [-0.3, -0.25) is 4.99 Å². The molecular weight excluding hydrogens is 455 g/mol. The van der Waals surface area contributed by atoms with Gasteiger partial charge in [-0.05, 0) is 57.5 Å². The summed E-state index contributed by atoms with van der Waals surface area (Å²) in [6.07, 6.45) is 3.34. The van der Waals surface area contributed by atoms with E-state index in [-0.39, 0.29) is 30.6 Å². The summed E-state index contributed by atoms with van der Waals surface area (Å²) in [5, 5.41) is 16.7. The Labute approximate surface area is 180 Å². The average molecular weight is 490 g/mol. The Hall–Kier alpha value is -1.06. The van der Waals surface area contributed by atoms with E-state index in [1.807, 2.05) is 38.1 Å². The summed E-state index contributed by atoms with van der Waals surface area (Å²) in [5.41, 5.74) is 1.14. The van der Waals surface area contributed by atoms with Gasteiger partial charge in [0, 0.05) is 19.6 Å². The van der Waals surface area contributed by atoms with Crippen molar-refractivity contribution in [2.75, 3.05) is 45.9 Å². The number of guanidine groups is 1. The smallest absolute Gasteiger partial charge is 0.191 e. The van der Waals surface area contributed by atoms with Crippen LogP contribution in [0.1, 0.15) is 31.7 Å². The molecule has 1 atom stereocenters. The van der Waals surface area contributed by atoms with Crippen molar-refractivity contribution in [1.82, 2.24) is 15.5 Å². The van der Waals surface area contributed by atoms with Crippen LogP contribution < -0.4 is 15.4 Å². The summed E-state index contributed by atoms with van der Waals surface area (Å²) in [4.78, 5) is 6.96. The van der Waals surface area contributed by atoms with E-state index in [2.05, 4.69) is 20.5 Å². The molecule has 1 fully saturated rings. The molecule has 3 N–H and O–H groups in total. The van der Waals surface area contributed by atoms with E-state index in [1.165, 1.54) is 32.4 Å². The summed E-state index contributed by atoms with van der Waals surface area (Å²) in [6.45, 7) is 9.70. The molecule has 1 aromatic carbocycles. The molecule has 0 saturated carbocycles. The maximum absolute atomic E-state index is 10.1. The predicted octanol–water partition coefficient (Wildman–Crippen LogP) is 2.39. The van der Waals surface area contributed by atoms with Crippen molar-refractivity contribution in [3.63, 3.8) is 0 Å². The Morgan fingerprint density at radius 3 is 2.74 bits per heavy atom. The molecule has 0 aromatic heterocycles. The Morgan fingerprint density at radius 2 is 2.04 bits per heavy atom. The molecule has 0 radical (unpaired) electrons. The van der Waals surface area contributed by atoms with Gasteiger partial charge in [0.25, 0.3) is 0 Å². The van der Waals surface area contributed by atoms with Crippen LogP contribution in [-0.4, -0.2) is 67.9 Å². The number of likely N-dealkylation sites (tertiary alicyclic amines) is 1. The Balaban J connectivity index is 0.00000364. The minimum atomic E-state index is -0.631. The van der Waals surface area contributed by atoms with Gasteiger partial charge >= 0.3 is 0 Å². The normalized spacial score (nSPS) is 16.3. The highest BCUT2D eigenvalue weighted by molar-refractivity contribution is 14.0. The lowest BCUT2D eigenvalue weighted by molar-refractivity contribution is 0.114. The number of benzene rings is 1. The SMILES string of the molecule is CCNC(=NCC(O)COc1cccc(C)c1)NCCN1CCCCC1.I. The molecule has 0 aliphatic carbocycles. The van der Waals surface area contributed by atoms with Gasteiger partial charge in [-0.2, -0.15) is 0 Å². The van der Waals surface area contributed by atoms with Crippen molar-refractivity contribution in [2.24, 2.45) is 4.99 Å². The molecule has 7 heteroatoms. The zero-order chi connectivity index (χ0) is 18.6. The number of aliphatic hydroxyl groups excluding tert-OH is 1. The minimum Gasteiger partial charge on any atom is -0.491 e. The van der Waals surface area contributed by atoms with Crippen LogP contribution in [0.3, 0.4) is 0 Å². The minimum absolute atomic E-state index is 0. The fourth-order valence-corrected chi connectivity index (χ4v) is 3.00. The largest absolute Gasteiger partial charge is 0.491 e. The first kappa shape index (κ1) is 24.0. The molecular formula is C20H35IN4O2. The first-order valence-corrected chi connectivity index (χ1v) is 9.79. The lowest BCUT2D eigenvalue weighted by atomic mass is 10.1. The van der Waals surface area contributed by atoms with Crippen molar-refractivity contribution >= 4 is 29.9 Å². The lowest BCUT2D eigenvalue weighted by Gasteiger charge is -2.26. The van der Waals surface area contributed by atoms with Gasteiger partial charge in [0.2, 0.25) is 0 Å². The fourth-order valence-electron chi connectivity index (χ4n) is 3.00.